The Balaban J connectivity index is 1.73. The molecule has 0 aromatic carbocycles. The summed E-state index contributed by atoms with van der Waals surface area (Å²) in [5, 5.41) is 6.87. The molecule has 25 heavy (non-hydrogen) atoms. The van der Waals surface area contributed by atoms with Crippen molar-refractivity contribution in [3.05, 3.63) is 29.5 Å². The van der Waals surface area contributed by atoms with Gasteiger partial charge in [0, 0.05) is 37.8 Å². The number of carbonyl (C=O) groups excluding carboxylic acids is 1. The Morgan fingerprint density at radius 3 is 2.92 bits per heavy atom. The van der Waals surface area contributed by atoms with Gasteiger partial charge < -0.3 is 14.6 Å². The summed E-state index contributed by atoms with van der Waals surface area (Å²) in [6, 6.07) is 1.86. The van der Waals surface area contributed by atoms with Crippen molar-refractivity contribution >= 4 is 5.91 Å². The molecule has 0 unspecified atom stereocenters. The van der Waals surface area contributed by atoms with Gasteiger partial charge >= 0.3 is 0 Å². The lowest BCUT2D eigenvalue weighted by molar-refractivity contribution is -0.129. The van der Waals surface area contributed by atoms with Gasteiger partial charge in [-0.25, -0.2) is 9.97 Å². The largest absolute Gasteiger partial charge is 0.368 e. The van der Waals surface area contributed by atoms with E-state index < -0.39 is 0 Å². The minimum atomic E-state index is -0.312. The normalized spacial score (nSPS) is 17.2. The van der Waals surface area contributed by atoms with Crippen LogP contribution >= 0.6 is 0 Å². The molecule has 1 atom stereocenters. The van der Waals surface area contributed by atoms with Gasteiger partial charge in [0.1, 0.15) is 11.9 Å². The summed E-state index contributed by atoms with van der Waals surface area (Å²) in [5.41, 5.74) is 2.47. The number of hydrogen-bond donors (Lipinski definition) is 1. The van der Waals surface area contributed by atoms with Gasteiger partial charge in [-0.3, -0.25) is 4.79 Å². The fraction of sp³-hybridized carbons (Fsp3) is 0.556. The van der Waals surface area contributed by atoms with Crippen molar-refractivity contribution in [2.75, 3.05) is 13.2 Å². The predicted octanol–water partition coefficient (Wildman–Crippen LogP) is 2.40. The molecule has 0 radical (unpaired) electrons. The number of aryl methyl sites for hydroxylation is 1. The first kappa shape index (κ1) is 17.5. The van der Waals surface area contributed by atoms with E-state index in [4.69, 9.17) is 9.26 Å². The lowest BCUT2D eigenvalue weighted by Gasteiger charge is -2.12. The molecule has 1 fully saturated rings. The van der Waals surface area contributed by atoms with Gasteiger partial charge in [-0.05, 0) is 19.8 Å². The number of hydrogen-bond acceptors (Lipinski definition) is 6. The number of amides is 1. The van der Waals surface area contributed by atoms with Gasteiger partial charge in [-0.1, -0.05) is 19.0 Å². The third-order valence-corrected chi connectivity index (χ3v) is 4.18. The fourth-order valence-corrected chi connectivity index (χ4v) is 2.80. The summed E-state index contributed by atoms with van der Waals surface area (Å²) in [5.74, 6) is 1.60. The highest BCUT2D eigenvalue weighted by atomic mass is 16.5. The van der Waals surface area contributed by atoms with Crippen LogP contribution in [0.3, 0.4) is 0 Å². The Morgan fingerprint density at radius 1 is 1.44 bits per heavy atom. The Kier molecular flexibility index (Phi) is 5.43. The van der Waals surface area contributed by atoms with E-state index >= 15 is 0 Å². The van der Waals surface area contributed by atoms with Crippen molar-refractivity contribution < 1.29 is 14.1 Å². The van der Waals surface area contributed by atoms with Crippen LogP contribution in [-0.4, -0.2) is 40.3 Å². The minimum absolute atomic E-state index is 0.0484. The zero-order chi connectivity index (χ0) is 17.8. The van der Waals surface area contributed by atoms with E-state index in [1.54, 1.807) is 6.20 Å². The molecule has 1 saturated heterocycles. The number of rotatable bonds is 6. The molecule has 0 saturated carbocycles. The third kappa shape index (κ3) is 4.22. The smallest absolute Gasteiger partial charge is 0.249 e. The van der Waals surface area contributed by atoms with Gasteiger partial charge in [0.25, 0.3) is 0 Å². The molecule has 134 valence electrons. The number of nitrogens with one attached hydrogen (secondary N) is 1. The van der Waals surface area contributed by atoms with E-state index in [9.17, 15) is 4.79 Å². The zero-order valence-corrected chi connectivity index (χ0v) is 14.9. The summed E-state index contributed by atoms with van der Waals surface area (Å²) in [6.45, 7) is 7.13. The molecular weight excluding hydrogens is 320 g/mol. The van der Waals surface area contributed by atoms with E-state index in [0.717, 1.165) is 35.6 Å². The van der Waals surface area contributed by atoms with Crippen molar-refractivity contribution in [3.8, 4) is 11.3 Å². The van der Waals surface area contributed by atoms with E-state index in [-0.39, 0.29) is 17.9 Å². The third-order valence-electron chi connectivity index (χ3n) is 4.18. The van der Waals surface area contributed by atoms with Crippen LogP contribution in [0.1, 0.15) is 49.8 Å². The van der Waals surface area contributed by atoms with Crippen molar-refractivity contribution in [1.82, 2.24) is 20.4 Å². The highest BCUT2D eigenvalue weighted by molar-refractivity contribution is 5.80. The minimum Gasteiger partial charge on any atom is -0.368 e. The van der Waals surface area contributed by atoms with Gasteiger partial charge in [0.15, 0.2) is 5.76 Å². The molecule has 7 nitrogen and oxygen atoms in total. The Morgan fingerprint density at radius 2 is 2.28 bits per heavy atom. The summed E-state index contributed by atoms with van der Waals surface area (Å²) in [6.07, 6.45) is 3.79. The first-order valence-corrected chi connectivity index (χ1v) is 8.73. The van der Waals surface area contributed by atoms with E-state index in [2.05, 4.69) is 34.3 Å². The van der Waals surface area contributed by atoms with Gasteiger partial charge in [0.2, 0.25) is 5.91 Å². The first-order valence-electron chi connectivity index (χ1n) is 8.73. The molecule has 2 aromatic heterocycles. The average Bonchev–Trinajstić information content (AvgIpc) is 3.26. The molecule has 7 heteroatoms. The Hall–Kier alpha value is -2.28. The van der Waals surface area contributed by atoms with Crippen molar-refractivity contribution in [2.24, 2.45) is 0 Å². The molecule has 1 amide bonds. The highest BCUT2D eigenvalue weighted by Gasteiger charge is 2.23. The number of carbonyl (C=O) groups is 1. The molecule has 1 aliphatic heterocycles. The SMILES string of the molecule is Cc1cc(-c2cnc(C(C)C)nc2CCNC(=O)[C@H]2CCCO2)on1. The second kappa shape index (κ2) is 7.74. The molecule has 0 bridgehead atoms. The quantitative estimate of drug-likeness (QED) is 0.865. The zero-order valence-electron chi connectivity index (χ0n) is 14.9. The van der Waals surface area contributed by atoms with Crippen LogP contribution in [0.4, 0.5) is 0 Å². The van der Waals surface area contributed by atoms with Crippen LogP contribution < -0.4 is 5.32 Å². The van der Waals surface area contributed by atoms with Crippen LogP contribution in [-0.2, 0) is 16.0 Å². The number of ether oxygens (including phenoxy) is 1. The van der Waals surface area contributed by atoms with Crippen LogP contribution in [0.5, 0.6) is 0 Å². The number of nitrogens with zero attached hydrogens (tertiary/aromatic N) is 3. The van der Waals surface area contributed by atoms with Crippen LogP contribution in [0, 0.1) is 6.92 Å². The van der Waals surface area contributed by atoms with Crippen LogP contribution in [0.15, 0.2) is 16.8 Å². The maximum atomic E-state index is 12.1. The van der Waals surface area contributed by atoms with Crippen molar-refractivity contribution in [2.45, 2.75) is 52.1 Å². The second-order valence-electron chi connectivity index (χ2n) is 6.62. The fourth-order valence-electron chi connectivity index (χ4n) is 2.80. The summed E-state index contributed by atoms with van der Waals surface area (Å²) >= 11 is 0. The molecule has 1 N–H and O–H groups in total. The molecule has 0 aliphatic carbocycles. The van der Waals surface area contributed by atoms with E-state index in [1.807, 2.05) is 13.0 Å². The molecule has 0 spiro atoms. The van der Waals surface area contributed by atoms with Crippen LogP contribution in [0.25, 0.3) is 11.3 Å². The first-order chi connectivity index (χ1) is 12.0. The van der Waals surface area contributed by atoms with Crippen molar-refractivity contribution in [3.63, 3.8) is 0 Å². The van der Waals surface area contributed by atoms with Crippen molar-refractivity contribution in [1.29, 1.82) is 0 Å². The summed E-state index contributed by atoms with van der Waals surface area (Å²) in [4.78, 5) is 21.2. The van der Waals surface area contributed by atoms with E-state index in [1.165, 1.54) is 0 Å². The molecule has 3 rings (SSSR count). The molecule has 1 aliphatic rings. The Bertz CT molecular complexity index is 736. The molecule has 3 heterocycles. The Labute approximate surface area is 147 Å². The summed E-state index contributed by atoms with van der Waals surface area (Å²) in [7, 11) is 0. The van der Waals surface area contributed by atoms with Crippen LogP contribution in [0.2, 0.25) is 0 Å². The monoisotopic (exact) mass is 344 g/mol. The maximum absolute atomic E-state index is 12.1. The van der Waals surface area contributed by atoms with Gasteiger partial charge in [-0.15, -0.1) is 0 Å². The number of aromatic nitrogens is 3. The summed E-state index contributed by atoms with van der Waals surface area (Å²) < 4.78 is 10.8. The molecular formula is C18H24N4O3. The standard InChI is InChI=1S/C18H24N4O3/c1-11(2)17-20-10-13(16-9-12(3)22-25-16)14(21-17)6-7-19-18(23)15-5-4-8-24-15/h9-11,15H,4-8H2,1-3H3,(H,19,23)/t15-/m1/s1. The molecule has 2 aromatic rings. The lowest BCUT2D eigenvalue weighted by atomic mass is 10.1. The van der Waals surface area contributed by atoms with E-state index in [0.29, 0.717) is 25.3 Å². The maximum Gasteiger partial charge on any atom is 0.249 e. The topological polar surface area (TPSA) is 90.1 Å². The second-order valence-corrected chi connectivity index (χ2v) is 6.62. The predicted molar refractivity (Wildman–Crippen MR) is 92.0 cm³/mol. The van der Waals surface area contributed by atoms with Gasteiger partial charge in [0.05, 0.1) is 17.0 Å². The average molecular weight is 344 g/mol. The lowest BCUT2D eigenvalue weighted by Crippen LogP contribution is -2.35. The highest BCUT2D eigenvalue weighted by Crippen LogP contribution is 2.24. The van der Waals surface area contributed by atoms with Gasteiger partial charge in [-0.2, -0.15) is 0 Å².